The van der Waals surface area contributed by atoms with E-state index in [1.165, 1.54) is 7.11 Å². The van der Waals surface area contributed by atoms with Gasteiger partial charge in [0.25, 0.3) is 0 Å². The summed E-state index contributed by atoms with van der Waals surface area (Å²) in [6.45, 7) is 0.850. The van der Waals surface area contributed by atoms with E-state index in [-0.39, 0.29) is 5.78 Å². The van der Waals surface area contributed by atoms with Gasteiger partial charge in [0.05, 0.1) is 18.7 Å². The number of carbonyl (C=O) groups is 2. The summed E-state index contributed by atoms with van der Waals surface area (Å²) < 4.78 is 10.4. The molecule has 0 N–H and O–H groups in total. The van der Waals surface area contributed by atoms with Crippen molar-refractivity contribution in [2.75, 3.05) is 13.7 Å². The lowest BCUT2D eigenvalue weighted by Crippen LogP contribution is -2.39. The average molecular weight is 388 g/mol. The van der Waals surface area contributed by atoms with E-state index in [4.69, 9.17) is 21.1 Å². The molecule has 3 aliphatic rings. The summed E-state index contributed by atoms with van der Waals surface area (Å²) in [6, 6.07) is 7.41. The number of carbonyl (C=O) groups excluding carboxylic acids is 2. The van der Waals surface area contributed by atoms with Crippen molar-refractivity contribution in [2.24, 2.45) is 0 Å². The largest absolute Gasteiger partial charge is 0.513 e. The molecule has 1 saturated heterocycles. The standard InChI is InChI=1S/C21H22ClNO4/c1-26-21(25)27-20-16-5-2-3-12-23(16)15-6-4-7-17(24)19(15)18(20)13-8-10-14(22)11-9-13/h8-11,18H,2-7,12H2,1H3. The Labute approximate surface area is 163 Å². The predicted molar refractivity (Wildman–Crippen MR) is 101 cm³/mol. The van der Waals surface area contributed by atoms with E-state index >= 15 is 0 Å². The Kier molecular flexibility index (Phi) is 4.96. The Morgan fingerprint density at radius 2 is 1.81 bits per heavy atom. The molecule has 0 amide bonds. The van der Waals surface area contributed by atoms with Crippen LogP contribution in [0, 0.1) is 0 Å². The van der Waals surface area contributed by atoms with Crippen LogP contribution in [0.15, 0.2) is 47.0 Å². The van der Waals surface area contributed by atoms with Crippen molar-refractivity contribution in [3.63, 3.8) is 0 Å². The monoisotopic (exact) mass is 387 g/mol. The Balaban J connectivity index is 1.90. The highest BCUT2D eigenvalue weighted by Crippen LogP contribution is 2.48. The molecule has 5 nitrogen and oxygen atoms in total. The first-order chi connectivity index (χ1) is 13.1. The van der Waals surface area contributed by atoms with Crippen molar-refractivity contribution in [3.8, 4) is 0 Å². The van der Waals surface area contributed by atoms with Crippen molar-refractivity contribution in [1.29, 1.82) is 0 Å². The first-order valence-electron chi connectivity index (χ1n) is 9.38. The van der Waals surface area contributed by atoms with E-state index in [1.807, 2.05) is 12.1 Å². The zero-order valence-electron chi connectivity index (χ0n) is 15.3. The maximum Gasteiger partial charge on any atom is 0.513 e. The number of ether oxygens (including phenoxy) is 2. The number of Topliss-reactive ketones (excluding diaryl/α,β-unsaturated/α-hetero) is 1. The maximum absolute atomic E-state index is 12.9. The van der Waals surface area contributed by atoms with E-state index in [0.29, 0.717) is 17.2 Å². The van der Waals surface area contributed by atoms with Crippen molar-refractivity contribution in [3.05, 3.63) is 57.6 Å². The fourth-order valence-corrected chi connectivity index (χ4v) is 4.49. The third kappa shape index (κ3) is 3.25. The summed E-state index contributed by atoms with van der Waals surface area (Å²) in [5.41, 5.74) is 3.75. The molecule has 0 saturated carbocycles. The van der Waals surface area contributed by atoms with Crippen LogP contribution in [-0.4, -0.2) is 30.5 Å². The number of benzene rings is 1. The fraction of sp³-hybridized carbons (Fsp3) is 0.429. The third-order valence-corrected chi connectivity index (χ3v) is 5.78. The van der Waals surface area contributed by atoms with Crippen LogP contribution in [0.5, 0.6) is 0 Å². The number of methoxy groups -OCH3 is 1. The number of halogens is 1. The lowest BCUT2D eigenvalue weighted by atomic mass is 9.76. The molecule has 0 bridgehead atoms. The van der Waals surface area contributed by atoms with Gasteiger partial charge in [-0.3, -0.25) is 4.79 Å². The van der Waals surface area contributed by atoms with E-state index in [0.717, 1.165) is 61.2 Å². The Bertz CT molecular complexity index is 840. The smallest absolute Gasteiger partial charge is 0.437 e. The molecule has 1 aromatic carbocycles. The highest BCUT2D eigenvalue weighted by atomic mass is 35.5. The molecule has 1 fully saturated rings. The van der Waals surface area contributed by atoms with Gasteiger partial charge in [-0.25, -0.2) is 4.79 Å². The molecule has 1 aliphatic carbocycles. The number of nitrogens with zero attached hydrogens (tertiary/aromatic N) is 1. The summed E-state index contributed by atoms with van der Waals surface area (Å²) in [5, 5.41) is 0.626. The second kappa shape index (κ2) is 7.39. The SMILES string of the molecule is COC(=O)OC1=C2CCCCN2C2=C(C(=O)CCC2)C1c1ccc(Cl)cc1. The van der Waals surface area contributed by atoms with Crippen molar-refractivity contribution in [2.45, 2.75) is 44.4 Å². The summed E-state index contributed by atoms with van der Waals surface area (Å²) in [7, 11) is 1.29. The lowest BCUT2D eigenvalue weighted by molar-refractivity contribution is -0.116. The highest BCUT2D eigenvalue weighted by Gasteiger charge is 2.42. The van der Waals surface area contributed by atoms with Gasteiger partial charge in [-0.2, -0.15) is 0 Å². The highest BCUT2D eigenvalue weighted by molar-refractivity contribution is 6.30. The van der Waals surface area contributed by atoms with E-state index in [9.17, 15) is 9.59 Å². The van der Waals surface area contributed by atoms with Crippen LogP contribution in [0.1, 0.15) is 50.0 Å². The normalized spacial score (nSPS) is 22.4. The van der Waals surface area contributed by atoms with Crippen molar-refractivity contribution in [1.82, 2.24) is 4.90 Å². The summed E-state index contributed by atoms with van der Waals surface area (Å²) in [6.07, 6.45) is 4.42. The number of ketones is 1. The van der Waals surface area contributed by atoms with E-state index in [1.54, 1.807) is 12.1 Å². The van der Waals surface area contributed by atoms with Crippen molar-refractivity contribution < 1.29 is 19.1 Å². The zero-order valence-corrected chi connectivity index (χ0v) is 16.1. The van der Waals surface area contributed by atoms with Gasteiger partial charge in [0, 0.05) is 29.3 Å². The van der Waals surface area contributed by atoms with Gasteiger partial charge >= 0.3 is 6.16 Å². The topological polar surface area (TPSA) is 55.8 Å². The molecule has 2 heterocycles. The van der Waals surface area contributed by atoms with E-state index < -0.39 is 12.1 Å². The second-order valence-corrected chi connectivity index (χ2v) is 7.53. The van der Waals surface area contributed by atoms with Crippen LogP contribution < -0.4 is 0 Å². The number of hydrogen-bond acceptors (Lipinski definition) is 5. The number of fused-ring (bicyclic) bond motifs is 2. The van der Waals surface area contributed by atoms with Gasteiger partial charge in [0.2, 0.25) is 0 Å². The number of rotatable bonds is 2. The first kappa shape index (κ1) is 18.1. The van der Waals surface area contributed by atoms with Crippen LogP contribution >= 0.6 is 11.6 Å². The van der Waals surface area contributed by atoms with Gasteiger partial charge in [-0.15, -0.1) is 0 Å². The van der Waals surface area contributed by atoms with Gasteiger partial charge < -0.3 is 14.4 Å². The van der Waals surface area contributed by atoms with Crippen LogP contribution in [0.4, 0.5) is 4.79 Å². The molecule has 0 radical (unpaired) electrons. The van der Waals surface area contributed by atoms with Crippen molar-refractivity contribution >= 4 is 23.5 Å². The number of piperidine rings is 1. The Morgan fingerprint density at radius 3 is 2.56 bits per heavy atom. The molecule has 4 rings (SSSR count). The number of hydrogen-bond donors (Lipinski definition) is 0. The van der Waals surface area contributed by atoms with Crippen LogP contribution in [0.25, 0.3) is 0 Å². The molecule has 2 aliphatic heterocycles. The molecular formula is C21H22ClNO4. The van der Waals surface area contributed by atoms with Crippen LogP contribution in [0.2, 0.25) is 5.02 Å². The minimum absolute atomic E-state index is 0.131. The quantitative estimate of drug-likeness (QED) is 0.674. The van der Waals surface area contributed by atoms with Crippen LogP contribution in [0.3, 0.4) is 0 Å². The van der Waals surface area contributed by atoms with Gasteiger partial charge in [-0.05, 0) is 49.8 Å². The molecular weight excluding hydrogens is 366 g/mol. The minimum Gasteiger partial charge on any atom is -0.437 e. The second-order valence-electron chi connectivity index (χ2n) is 7.10. The first-order valence-corrected chi connectivity index (χ1v) is 9.76. The lowest BCUT2D eigenvalue weighted by Gasteiger charge is -2.43. The molecule has 0 aromatic heterocycles. The zero-order chi connectivity index (χ0) is 19.0. The van der Waals surface area contributed by atoms with Crippen LogP contribution in [-0.2, 0) is 14.3 Å². The Hall–Kier alpha value is -2.27. The maximum atomic E-state index is 12.9. The summed E-state index contributed by atoms with van der Waals surface area (Å²) >= 11 is 6.07. The van der Waals surface area contributed by atoms with Gasteiger partial charge in [-0.1, -0.05) is 23.7 Å². The van der Waals surface area contributed by atoms with E-state index in [2.05, 4.69) is 4.90 Å². The summed E-state index contributed by atoms with van der Waals surface area (Å²) in [5.74, 6) is 0.262. The molecule has 142 valence electrons. The Morgan fingerprint density at radius 1 is 1.07 bits per heavy atom. The third-order valence-electron chi connectivity index (χ3n) is 5.52. The molecule has 6 heteroatoms. The predicted octanol–water partition coefficient (Wildman–Crippen LogP) is 4.92. The molecule has 27 heavy (non-hydrogen) atoms. The van der Waals surface area contributed by atoms with Gasteiger partial charge in [0.15, 0.2) is 5.78 Å². The fourth-order valence-electron chi connectivity index (χ4n) is 4.36. The average Bonchev–Trinajstić information content (AvgIpc) is 2.69. The number of allylic oxidation sites excluding steroid dienone is 3. The molecule has 0 spiro atoms. The van der Waals surface area contributed by atoms with Gasteiger partial charge in [0.1, 0.15) is 5.76 Å². The molecule has 1 unspecified atom stereocenters. The molecule has 1 atom stereocenters. The molecule has 1 aromatic rings. The minimum atomic E-state index is -0.755. The summed E-state index contributed by atoms with van der Waals surface area (Å²) in [4.78, 5) is 27.2.